The van der Waals surface area contributed by atoms with Crippen LogP contribution in [0, 0.1) is 0 Å². The molecule has 0 amide bonds. The van der Waals surface area contributed by atoms with Gasteiger partial charge in [0, 0.05) is 10.9 Å². The molecule has 0 spiro atoms. The monoisotopic (exact) mass is 281 g/mol. The Morgan fingerprint density at radius 2 is 2.00 bits per heavy atom. The molecule has 0 bridgehead atoms. The first kappa shape index (κ1) is 10.3. The number of rotatable bonds is 1. The average Bonchev–Trinajstić information content (AvgIpc) is 2.58. The molecular weight excluding hydrogens is 275 g/mol. The zero-order valence-electron chi connectivity index (χ0n) is 7.03. The first-order valence-corrected chi connectivity index (χ1v) is 5.16. The lowest BCUT2D eigenvalue weighted by atomic mass is 10.1. The van der Waals surface area contributed by atoms with Gasteiger partial charge in [-0.2, -0.15) is 0 Å². The van der Waals surface area contributed by atoms with Crippen molar-refractivity contribution in [3.8, 4) is 0 Å². The summed E-state index contributed by atoms with van der Waals surface area (Å²) >= 11 is 8.92. The highest BCUT2D eigenvalue weighted by Crippen LogP contribution is 2.57. The van der Waals surface area contributed by atoms with Crippen molar-refractivity contribution in [2.45, 2.75) is 17.9 Å². The maximum absolute atomic E-state index is 12.9. The van der Waals surface area contributed by atoms with Gasteiger partial charge in [-0.1, -0.05) is 17.7 Å². The molecule has 76 valence electrons. The predicted octanol–water partition coefficient (Wildman–Crippen LogP) is 3.30. The van der Waals surface area contributed by atoms with E-state index >= 15 is 0 Å². The normalized spacial score (nSPS) is 28.9. The van der Waals surface area contributed by atoms with Gasteiger partial charge in [-0.25, -0.2) is 8.78 Å². The summed E-state index contributed by atoms with van der Waals surface area (Å²) in [5.41, 5.74) is 4.47. The Morgan fingerprint density at radius 3 is 2.43 bits per heavy atom. The summed E-state index contributed by atoms with van der Waals surface area (Å²) < 4.78 is 26.4. The van der Waals surface area contributed by atoms with Crippen LogP contribution in [0.1, 0.15) is 12.0 Å². The van der Waals surface area contributed by atoms with Crippen LogP contribution in [-0.4, -0.2) is 5.92 Å². The number of hydrogen-bond donors (Lipinski definition) is 1. The zero-order chi connectivity index (χ0) is 10.6. The molecule has 1 unspecified atom stereocenters. The summed E-state index contributed by atoms with van der Waals surface area (Å²) in [5, 5.41) is 0.487. The van der Waals surface area contributed by atoms with Crippen LogP contribution in [0.3, 0.4) is 0 Å². The van der Waals surface area contributed by atoms with E-state index in [2.05, 4.69) is 15.9 Å². The molecular formula is C9H7BrClF2N. The zero-order valence-corrected chi connectivity index (χ0v) is 9.37. The first-order chi connectivity index (χ1) is 6.37. The van der Waals surface area contributed by atoms with E-state index in [4.69, 9.17) is 17.3 Å². The Balaban J connectivity index is 2.40. The second-order valence-electron chi connectivity index (χ2n) is 3.48. The number of alkyl halides is 2. The molecule has 1 aromatic carbocycles. The van der Waals surface area contributed by atoms with E-state index < -0.39 is 11.5 Å². The number of halogens is 4. The van der Waals surface area contributed by atoms with Crippen LogP contribution in [0.15, 0.2) is 22.7 Å². The molecule has 0 heterocycles. The van der Waals surface area contributed by atoms with Gasteiger partial charge in [0.2, 0.25) is 0 Å². The highest BCUT2D eigenvalue weighted by atomic mass is 79.9. The van der Waals surface area contributed by atoms with Crippen molar-refractivity contribution in [3.63, 3.8) is 0 Å². The third kappa shape index (κ3) is 1.36. The molecule has 1 fully saturated rings. The van der Waals surface area contributed by atoms with Crippen LogP contribution in [-0.2, 0) is 5.54 Å². The lowest BCUT2D eigenvalue weighted by molar-refractivity contribution is 0.0891. The van der Waals surface area contributed by atoms with E-state index in [1.165, 1.54) is 6.07 Å². The van der Waals surface area contributed by atoms with Gasteiger partial charge in [0.25, 0.3) is 5.92 Å². The molecule has 1 saturated carbocycles. The van der Waals surface area contributed by atoms with Gasteiger partial charge in [0.1, 0.15) is 5.54 Å². The molecule has 1 nitrogen and oxygen atoms in total. The largest absolute Gasteiger partial charge is 0.316 e. The highest BCUT2D eigenvalue weighted by Gasteiger charge is 2.69. The Hall–Kier alpha value is -0.190. The van der Waals surface area contributed by atoms with Crippen molar-refractivity contribution < 1.29 is 8.78 Å². The second kappa shape index (κ2) is 2.90. The van der Waals surface area contributed by atoms with E-state index in [-0.39, 0.29) is 6.42 Å². The Labute approximate surface area is 93.4 Å². The standard InChI is InChI=1S/C9H7BrClF2N/c10-6-3-5(1-2-7(6)11)8(14)4-9(8,12)13/h1-3H,4,14H2. The highest BCUT2D eigenvalue weighted by molar-refractivity contribution is 9.10. The summed E-state index contributed by atoms with van der Waals surface area (Å²) in [6.45, 7) is 0. The summed E-state index contributed by atoms with van der Waals surface area (Å²) in [6, 6.07) is 4.64. The fourth-order valence-electron chi connectivity index (χ4n) is 1.39. The smallest absolute Gasteiger partial charge is 0.272 e. The predicted molar refractivity (Wildman–Crippen MR) is 54.6 cm³/mol. The van der Waals surface area contributed by atoms with Gasteiger partial charge in [-0.15, -0.1) is 0 Å². The molecule has 1 aliphatic carbocycles. The van der Waals surface area contributed by atoms with E-state index in [9.17, 15) is 8.78 Å². The van der Waals surface area contributed by atoms with E-state index in [1.807, 2.05) is 0 Å². The van der Waals surface area contributed by atoms with Crippen molar-refractivity contribution in [2.24, 2.45) is 5.73 Å². The van der Waals surface area contributed by atoms with E-state index in [0.29, 0.717) is 15.1 Å². The first-order valence-electron chi connectivity index (χ1n) is 3.99. The molecule has 0 aromatic heterocycles. The van der Waals surface area contributed by atoms with E-state index in [0.717, 1.165) is 0 Å². The Kier molecular flexibility index (Phi) is 2.14. The van der Waals surface area contributed by atoms with Crippen LogP contribution in [0.25, 0.3) is 0 Å². The second-order valence-corrected chi connectivity index (χ2v) is 4.74. The van der Waals surface area contributed by atoms with Gasteiger partial charge in [0.05, 0.1) is 5.02 Å². The topological polar surface area (TPSA) is 26.0 Å². The molecule has 0 aliphatic heterocycles. The maximum atomic E-state index is 12.9. The quantitative estimate of drug-likeness (QED) is 0.840. The minimum Gasteiger partial charge on any atom is -0.316 e. The molecule has 2 N–H and O–H groups in total. The minimum absolute atomic E-state index is 0.298. The van der Waals surface area contributed by atoms with Crippen molar-refractivity contribution in [1.29, 1.82) is 0 Å². The summed E-state index contributed by atoms with van der Waals surface area (Å²) in [6.07, 6.45) is -0.298. The van der Waals surface area contributed by atoms with Gasteiger partial charge in [-0.05, 0) is 33.6 Å². The van der Waals surface area contributed by atoms with Gasteiger partial charge >= 0.3 is 0 Å². The van der Waals surface area contributed by atoms with Crippen molar-refractivity contribution in [2.75, 3.05) is 0 Å². The van der Waals surface area contributed by atoms with Crippen molar-refractivity contribution >= 4 is 27.5 Å². The molecule has 1 aromatic rings. The lowest BCUT2D eigenvalue weighted by Gasteiger charge is -2.11. The third-order valence-electron chi connectivity index (χ3n) is 2.46. The fraction of sp³-hybridized carbons (Fsp3) is 0.333. The number of benzene rings is 1. The third-order valence-corrected chi connectivity index (χ3v) is 3.68. The minimum atomic E-state index is -2.79. The molecule has 1 aliphatic rings. The lowest BCUT2D eigenvalue weighted by Crippen LogP contribution is -2.27. The van der Waals surface area contributed by atoms with Crippen molar-refractivity contribution in [1.82, 2.24) is 0 Å². The number of nitrogens with two attached hydrogens (primary N) is 1. The molecule has 14 heavy (non-hydrogen) atoms. The molecule has 5 heteroatoms. The number of hydrogen-bond acceptors (Lipinski definition) is 1. The molecule has 0 saturated heterocycles. The van der Waals surface area contributed by atoms with Gasteiger partial charge < -0.3 is 5.73 Å². The average molecular weight is 283 g/mol. The van der Waals surface area contributed by atoms with E-state index in [1.54, 1.807) is 12.1 Å². The summed E-state index contributed by atoms with van der Waals surface area (Å²) in [5.74, 6) is -2.79. The molecule has 1 atom stereocenters. The van der Waals surface area contributed by atoms with Crippen LogP contribution in [0.5, 0.6) is 0 Å². The Bertz CT molecular complexity index is 396. The molecule has 0 radical (unpaired) electrons. The molecule has 2 rings (SSSR count). The summed E-state index contributed by atoms with van der Waals surface area (Å²) in [4.78, 5) is 0. The summed E-state index contributed by atoms with van der Waals surface area (Å²) in [7, 11) is 0. The van der Waals surface area contributed by atoms with Crippen LogP contribution in [0.4, 0.5) is 8.78 Å². The van der Waals surface area contributed by atoms with Crippen LogP contribution < -0.4 is 5.73 Å². The SMILES string of the molecule is NC1(c2ccc(Cl)c(Br)c2)CC1(F)F. The Morgan fingerprint density at radius 1 is 1.43 bits per heavy atom. The fourth-order valence-corrected chi connectivity index (χ4v) is 1.89. The van der Waals surface area contributed by atoms with Gasteiger partial charge in [-0.3, -0.25) is 0 Å². The maximum Gasteiger partial charge on any atom is 0.272 e. The van der Waals surface area contributed by atoms with Crippen LogP contribution >= 0.6 is 27.5 Å². The van der Waals surface area contributed by atoms with Gasteiger partial charge in [0.15, 0.2) is 0 Å². The van der Waals surface area contributed by atoms with Crippen molar-refractivity contribution in [3.05, 3.63) is 33.3 Å². The van der Waals surface area contributed by atoms with Crippen LogP contribution in [0.2, 0.25) is 5.02 Å².